The second-order valence-corrected chi connectivity index (χ2v) is 4.85. The molecule has 1 aromatic heterocycles. The molecule has 0 spiro atoms. The van der Waals surface area contributed by atoms with E-state index in [4.69, 9.17) is 11.6 Å². The molecule has 0 bridgehead atoms. The quantitative estimate of drug-likeness (QED) is 0.674. The Morgan fingerprint density at radius 1 is 1.10 bits per heavy atom. The van der Waals surface area contributed by atoms with Crippen LogP contribution in [0.25, 0.3) is 0 Å². The smallest absolute Gasteiger partial charge is 0.182 e. The third kappa shape index (κ3) is 3.19. The van der Waals surface area contributed by atoms with Gasteiger partial charge >= 0.3 is 0 Å². The van der Waals surface area contributed by atoms with Gasteiger partial charge in [0.15, 0.2) is 11.6 Å². The van der Waals surface area contributed by atoms with Gasteiger partial charge in [0.05, 0.1) is 5.69 Å². The van der Waals surface area contributed by atoms with E-state index in [2.05, 4.69) is 15.3 Å². The Labute approximate surface area is 118 Å². The summed E-state index contributed by atoms with van der Waals surface area (Å²) in [5, 5.41) is 2.66. The Morgan fingerprint density at radius 3 is 2.45 bits per heavy atom. The van der Waals surface area contributed by atoms with Crippen LogP contribution in [0.1, 0.15) is 25.6 Å². The zero-order valence-electron chi connectivity index (χ0n) is 10.7. The van der Waals surface area contributed by atoms with Gasteiger partial charge in [0, 0.05) is 24.1 Å². The second-order valence-electron chi connectivity index (χ2n) is 4.46. The Balaban J connectivity index is 2.40. The van der Waals surface area contributed by atoms with Gasteiger partial charge in [-0.3, -0.25) is 0 Å². The van der Waals surface area contributed by atoms with Gasteiger partial charge in [-0.05, 0) is 0 Å². The van der Waals surface area contributed by atoms with Crippen LogP contribution in [0.2, 0.25) is 5.15 Å². The highest BCUT2D eigenvalue weighted by Gasteiger charge is 2.13. The van der Waals surface area contributed by atoms with E-state index in [0.717, 1.165) is 6.07 Å². The van der Waals surface area contributed by atoms with Crippen molar-refractivity contribution in [2.45, 2.75) is 19.8 Å². The Bertz CT molecular complexity index is 647. The van der Waals surface area contributed by atoms with Crippen molar-refractivity contribution in [3.8, 4) is 0 Å². The molecule has 2 aromatic rings. The maximum absolute atomic E-state index is 13.5. The van der Waals surface area contributed by atoms with Crippen molar-refractivity contribution >= 4 is 23.1 Å². The summed E-state index contributed by atoms with van der Waals surface area (Å²) in [7, 11) is 0. The number of nitrogens with one attached hydrogen (secondary N) is 1. The van der Waals surface area contributed by atoms with Crippen LogP contribution in [0.15, 0.2) is 18.2 Å². The fraction of sp³-hybridized carbons (Fsp3) is 0.231. The lowest BCUT2D eigenvalue weighted by atomic mass is 10.2. The minimum atomic E-state index is -1.28. The summed E-state index contributed by atoms with van der Waals surface area (Å²) < 4.78 is 39.8. The number of anilines is 2. The molecular weight excluding hydrogens is 291 g/mol. The van der Waals surface area contributed by atoms with E-state index in [1.54, 1.807) is 0 Å². The predicted octanol–water partition coefficient (Wildman–Crippen LogP) is 4.41. The summed E-state index contributed by atoms with van der Waals surface area (Å²) in [6, 6.07) is 2.65. The maximum atomic E-state index is 13.5. The number of hydrogen-bond acceptors (Lipinski definition) is 3. The van der Waals surface area contributed by atoms with Crippen molar-refractivity contribution in [2.24, 2.45) is 0 Å². The van der Waals surface area contributed by atoms with Crippen LogP contribution in [0.5, 0.6) is 0 Å². The van der Waals surface area contributed by atoms with Gasteiger partial charge in [-0.2, -0.15) is 0 Å². The molecule has 1 N–H and O–H groups in total. The first-order valence-corrected chi connectivity index (χ1v) is 6.20. The number of aromatic nitrogens is 2. The molecule has 20 heavy (non-hydrogen) atoms. The first-order valence-electron chi connectivity index (χ1n) is 5.83. The Hall–Kier alpha value is -1.82. The minimum absolute atomic E-state index is 0.00309. The summed E-state index contributed by atoms with van der Waals surface area (Å²) in [6.07, 6.45) is 0. The standard InChI is InChI=1S/C13H11ClF3N3/c1-6(2)13-19-10(14)5-11(20-13)18-9-4-7(15)3-8(16)12(9)17/h3-6H,1-2H3,(H,18,19,20). The lowest BCUT2D eigenvalue weighted by Gasteiger charge is -2.10. The van der Waals surface area contributed by atoms with E-state index in [1.165, 1.54) is 6.07 Å². The second kappa shape index (κ2) is 5.66. The molecule has 0 atom stereocenters. The highest BCUT2D eigenvalue weighted by atomic mass is 35.5. The minimum Gasteiger partial charge on any atom is -0.338 e. The fourth-order valence-corrected chi connectivity index (χ4v) is 1.73. The third-order valence-electron chi connectivity index (χ3n) is 2.48. The van der Waals surface area contributed by atoms with Crippen LogP contribution >= 0.6 is 11.6 Å². The number of hydrogen-bond donors (Lipinski definition) is 1. The summed E-state index contributed by atoms with van der Waals surface area (Å²) >= 11 is 5.83. The van der Waals surface area contributed by atoms with Gasteiger partial charge in [0.1, 0.15) is 22.6 Å². The summed E-state index contributed by atoms with van der Waals surface area (Å²) in [5.74, 6) is -2.75. The summed E-state index contributed by atoms with van der Waals surface area (Å²) in [6.45, 7) is 3.72. The van der Waals surface area contributed by atoms with Crippen LogP contribution in [-0.2, 0) is 0 Å². The van der Waals surface area contributed by atoms with Gasteiger partial charge in [0.2, 0.25) is 0 Å². The molecule has 0 saturated carbocycles. The molecule has 0 amide bonds. The molecule has 0 aliphatic carbocycles. The van der Waals surface area contributed by atoms with Gasteiger partial charge in [0.25, 0.3) is 0 Å². The van der Waals surface area contributed by atoms with Gasteiger partial charge in [-0.25, -0.2) is 23.1 Å². The molecule has 7 heteroatoms. The van der Waals surface area contributed by atoms with Crippen LogP contribution in [0, 0.1) is 17.5 Å². The van der Waals surface area contributed by atoms with E-state index in [1.807, 2.05) is 13.8 Å². The SMILES string of the molecule is CC(C)c1nc(Cl)cc(Nc2cc(F)cc(F)c2F)n1. The number of benzene rings is 1. The molecule has 0 radical (unpaired) electrons. The van der Waals surface area contributed by atoms with Crippen molar-refractivity contribution in [3.05, 3.63) is 46.6 Å². The van der Waals surface area contributed by atoms with Gasteiger partial charge in [-0.1, -0.05) is 25.4 Å². The van der Waals surface area contributed by atoms with Crippen LogP contribution < -0.4 is 5.32 Å². The maximum Gasteiger partial charge on any atom is 0.182 e. The molecule has 2 rings (SSSR count). The van der Waals surface area contributed by atoms with Crippen LogP contribution in [0.3, 0.4) is 0 Å². The van der Waals surface area contributed by atoms with Crippen LogP contribution in [0.4, 0.5) is 24.7 Å². The van der Waals surface area contributed by atoms with Crippen molar-refractivity contribution in [1.29, 1.82) is 0 Å². The Kier molecular flexibility index (Phi) is 4.13. The highest BCUT2D eigenvalue weighted by molar-refractivity contribution is 6.29. The highest BCUT2D eigenvalue weighted by Crippen LogP contribution is 2.24. The zero-order chi connectivity index (χ0) is 14.9. The molecule has 0 saturated heterocycles. The lowest BCUT2D eigenvalue weighted by molar-refractivity contribution is 0.498. The zero-order valence-corrected chi connectivity index (χ0v) is 11.5. The topological polar surface area (TPSA) is 37.8 Å². The van der Waals surface area contributed by atoms with Crippen molar-refractivity contribution in [2.75, 3.05) is 5.32 Å². The van der Waals surface area contributed by atoms with Crippen molar-refractivity contribution < 1.29 is 13.2 Å². The lowest BCUT2D eigenvalue weighted by Crippen LogP contribution is -2.04. The van der Waals surface area contributed by atoms with Gasteiger partial charge in [-0.15, -0.1) is 0 Å². The van der Waals surface area contributed by atoms with E-state index in [9.17, 15) is 13.2 Å². The molecule has 1 aromatic carbocycles. The van der Waals surface area contributed by atoms with Crippen LogP contribution in [-0.4, -0.2) is 9.97 Å². The van der Waals surface area contributed by atoms with Gasteiger partial charge < -0.3 is 5.32 Å². The third-order valence-corrected chi connectivity index (χ3v) is 2.68. The fourth-order valence-electron chi connectivity index (χ4n) is 1.54. The average molecular weight is 302 g/mol. The molecule has 3 nitrogen and oxygen atoms in total. The number of halogens is 4. The molecule has 1 heterocycles. The number of nitrogens with zero attached hydrogens (tertiary/aromatic N) is 2. The van der Waals surface area contributed by atoms with Crippen molar-refractivity contribution in [1.82, 2.24) is 9.97 Å². The summed E-state index contributed by atoms with van der Waals surface area (Å²) in [5.41, 5.74) is -0.355. The monoisotopic (exact) mass is 301 g/mol. The van der Waals surface area contributed by atoms with E-state index >= 15 is 0 Å². The summed E-state index contributed by atoms with van der Waals surface area (Å²) in [4.78, 5) is 8.12. The Morgan fingerprint density at radius 2 is 1.80 bits per heavy atom. The van der Waals surface area contributed by atoms with E-state index in [-0.39, 0.29) is 22.6 Å². The average Bonchev–Trinajstić information content (AvgIpc) is 2.34. The number of rotatable bonds is 3. The first-order chi connectivity index (χ1) is 9.36. The predicted molar refractivity (Wildman–Crippen MR) is 70.7 cm³/mol. The molecule has 106 valence electrons. The normalized spacial score (nSPS) is 10.9. The molecule has 0 aliphatic heterocycles. The first kappa shape index (κ1) is 14.6. The largest absolute Gasteiger partial charge is 0.338 e. The van der Waals surface area contributed by atoms with E-state index in [0.29, 0.717) is 11.9 Å². The molecular formula is C13H11ClF3N3. The molecule has 0 aliphatic rings. The molecule has 0 unspecified atom stereocenters. The van der Waals surface area contributed by atoms with E-state index < -0.39 is 17.5 Å². The molecule has 0 fully saturated rings. The van der Waals surface area contributed by atoms with Crippen molar-refractivity contribution in [3.63, 3.8) is 0 Å².